The van der Waals surface area contributed by atoms with Gasteiger partial charge in [0.2, 0.25) is 17.4 Å². The summed E-state index contributed by atoms with van der Waals surface area (Å²) in [6.07, 6.45) is 2.22. The van der Waals surface area contributed by atoms with Gasteiger partial charge in [0.25, 0.3) is 0 Å². The second-order valence-corrected chi connectivity index (χ2v) is 2.86. The van der Waals surface area contributed by atoms with Crippen LogP contribution in [0.15, 0.2) is 36.2 Å². The van der Waals surface area contributed by atoms with Crippen molar-refractivity contribution in [2.24, 2.45) is 5.73 Å². The lowest BCUT2D eigenvalue weighted by Gasteiger charge is -2.08. The van der Waals surface area contributed by atoms with Crippen LogP contribution in [-0.2, 0) is 9.53 Å². The van der Waals surface area contributed by atoms with E-state index in [9.17, 15) is 4.79 Å². The van der Waals surface area contributed by atoms with Gasteiger partial charge < -0.3 is 15.6 Å². The number of Topliss-reactive ketones (excluding diaryl/α,β-unsaturated/α-hetero) is 1. The Kier molecular flexibility index (Phi) is 1.85. The zero-order chi connectivity index (χ0) is 10.1. The third kappa shape index (κ3) is 1.19. The monoisotopic (exact) mass is 192 g/mol. The third-order valence-corrected chi connectivity index (χ3v) is 1.94. The van der Waals surface area contributed by atoms with E-state index in [0.29, 0.717) is 5.56 Å². The van der Waals surface area contributed by atoms with E-state index in [2.05, 4.69) is 4.98 Å². The van der Waals surface area contributed by atoms with Gasteiger partial charge in [0.15, 0.2) is 6.10 Å². The van der Waals surface area contributed by atoms with Crippen molar-refractivity contribution in [2.45, 2.75) is 6.10 Å². The number of ether oxygens (including phenoxy) is 1. The minimum Gasteiger partial charge on any atom is -0.501 e. The Labute approximate surface area is 79.8 Å². The van der Waals surface area contributed by atoms with E-state index in [4.69, 9.17) is 15.6 Å². The van der Waals surface area contributed by atoms with Crippen molar-refractivity contribution < 1.29 is 14.6 Å². The first-order chi connectivity index (χ1) is 6.70. The molecular weight excluding hydrogens is 184 g/mol. The number of ketones is 1. The van der Waals surface area contributed by atoms with Crippen molar-refractivity contribution in [3.05, 3.63) is 41.7 Å². The quantitative estimate of drug-likeness (QED) is 0.673. The Morgan fingerprint density at radius 3 is 2.86 bits per heavy atom. The van der Waals surface area contributed by atoms with Crippen molar-refractivity contribution in [3.8, 4) is 0 Å². The van der Waals surface area contributed by atoms with Crippen LogP contribution in [0.2, 0.25) is 0 Å². The number of hydrogen-bond acceptors (Lipinski definition) is 5. The summed E-state index contributed by atoms with van der Waals surface area (Å²) in [4.78, 5) is 15.2. The molecule has 3 N–H and O–H groups in total. The zero-order valence-electron chi connectivity index (χ0n) is 7.18. The average molecular weight is 192 g/mol. The van der Waals surface area contributed by atoms with Crippen molar-refractivity contribution in [1.29, 1.82) is 0 Å². The molecule has 1 aliphatic rings. The van der Waals surface area contributed by atoms with Gasteiger partial charge in [0.1, 0.15) is 0 Å². The lowest BCUT2D eigenvalue weighted by atomic mass is 10.1. The molecule has 0 spiro atoms. The fourth-order valence-electron chi connectivity index (χ4n) is 1.23. The van der Waals surface area contributed by atoms with E-state index in [1.54, 1.807) is 18.3 Å². The van der Waals surface area contributed by atoms with Gasteiger partial charge in [-0.05, 0) is 6.07 Å². The van der Waals surface area contributed by atoms with Gasteiger partial charge in [-0.3, -0.25) is 9.78 Å². The zero-order valence-corrected chi connectivity index (χ0v) is 7.18. The van der Waals surface area contributed by atoms with Crippen molar-refractivity contribution in [3.63, 3.8) is 0 Å². The van der Waals surface area contributed by atoms with Crippen LogP contribution in [0.4, 0.5) is 0 Å². The number of aliphatic hydroxyl groups is 1. The van der Waals surface area contributed by atoms with E-state index in [1.165, 1.54) is 6.20 Å². The molecule has 5 heteroatoms. The number of nitrogens with zero attached hydrogens (tertiary/aromatic N) is 1. The van der Waals surface area contributed by atoms with Crippen LogP contribution in [-0.4, -0.2) is 15.9 Å². The van der Waals surface area contributed by atoms with E-state index < -0.39 is 17.6 Å². The standard InChI is InChI=1S/C9H8N2O3/c10-9-7(13)6(12)8(14-9)5-2-1-3-11-4-5/h1-4,8,13H,10H2/t8-/m1/s1. The SMILES string of the molecule is NC1=C(O)C(=O)[C@@H](c2cccnc2)O1. The average Bonchev–Trinajstić information content (AvgIpc) is 2.47. The predicted molar refractivity (Wildman–Crippen MR) is 46.9 cm³/mol. The first kappa shape index (κ1) is 8.55. The van der Waals surface area contributed by atoms with Gasteiger partial charge in [-0.15, -0.1) is 0 Å². The number of nitrogens with two attached hydrogens (primary N) is 1. The molecule has 0 saturated carbocycles. The minimum atomic E-state index is -0.858. The van der Waals surface area contributed by atoms with Gasteiger partial charge >= 0.3 is 0 Å². The summed E-state index contributed by atoms with van der Waals surface area (Å²) in [5.74, 6) is -1.28. The highest BCUT2D eigenvalue weighted by atomic mass is 16.5. The Morgan fingerprint density at radius 1 is 1.57 bits per heavy atom. The second kappa shape index (κ2) is 3.02. The molecule has 0 fully saturated rings. The highest BCUT2D eigenvalue weighted by Crippen LogP contribution is 2.28. The molecule has 2 rings (SSSR count). The first-order valence-electron chi connectivity index (χ1n) is 3.99. The van der Waals surface area contributed by atoms with E-state index in [0.717, 1.165) is 0 Å². The van der Waals surface area contributed by atoms with Crippen LogP contribution in [0.1, 0.15) is 11.7 Å². The Hall–Kier alpha value is -2.04. The molecule has 1 aliphatic heterocycles. The molecule has 1 aromatic rings. The highest BCUT2D eigenvalue weighted by molar-refractivity contribution is 5.99. The molecule has 1 aromatic heterocycles. The van der Waals surface area contributed by atoms with Crippen LogP contribution in [0.3, 0.4) is 0 Å². The Balaban J connectivity index is 2.30. The Bertz CT molecular complexity index is 400. The molecule has 0 aromatic carbocycles. The fourth-order valence-corrected chi connectivity index (χ4v) is 1.23. The number of aliphatic hydroxyl groups excluding tert-OH is 1. The lowest BCUT2D eigenvalue weighted by Crippen LogP contribution is -2.09. The van der Waals surface area contributed by atoms with Crippen LogP contribution >= 0.6 is 0 Å². The molecule has 0 saturated heterocycles. The summed E-state index contributed by atoms with van der Waals surface area (Å²) >= 11 is 0. The molecule has 14 heavy (non-hydrogen) atoms. The molecule has 0 radical (unpaired) electrons. The van der Waals surface area contributed by atoms with Gasteiger partial charge in [0.05, 0.1) is 0 Å². The van der Waals surface area contributed by atoms with Crippen molar-refractivity contribution in [2.75, 3.05) is 0 Å². The number of aromatic nitrogens is 1. The van der Waals surface area contributed by atoms with E-state index in [1.807, 2.05) is 0 Å². The highest BCUT2D eigenvalue weighted by Gasteiger charge is 2.35. The van der Waals surface area contributed by atoms with Crippen LogP contribution < -0.4 is 5.73 Å². The van der Waals surface area contributed by atoms with Crippen molar-refractivity contribution in [1.82, 2.24) is 4.98 Å². The summed E-state index contributed by atoms with van der Waals surface area (Å²) < 4.78 is 4.99. The number of carbonyl (C=O) groups excluding carboxylic acids is 1. The van der Waals surface area contributed by atoms with Gasteiger partial charge in [0, 0.05) is 18.0 Å². The van der Waals surface area contributed by atoms with Gasteiger partial charge in [-0.25, -0.2) is 0 Å². The molecule has 0 unspecified atom stereocenters. The molecule has 5 nitrogen and oxygen atoms in total. The summed E-state index contributed by atoms with van der Waals surface area (Å²) in [5.41, 5.74) is 5.84. The topological polar surface area (TPSA) is 85.4 Å². The summed E-state index contributed by atoms with van der Waals surface area (Å²) in [7, 11) is 0. The normalized spacial score (nSPS) is 21.1. The summed E-state index contributed by atoms with van der Waals surface area (Å²) in [6.45, 7) is 0. The smallest absolute Gasteiger partial charge is 0.247 e. The van der Waals surface area contributed by atoms with E-state index >= 15 is 0 Å². The fraction of sp³-hybridized carbons (Fsp3) is 0.111. The maximum atomic E-state index is 11.4. The van der Waals surface area contributed by atoms with Crippen LogP contribution in [0, 0.1) is 0 Å². The minimum absolute atomic E-state index is 0.233. The Morgan fingerprint density at radius 2 is 2.36 bits per heavy atom. The number of carbonyl (C=O) groups is 1. The van der Waals surface area contributed by atoms with Gasteiger partial charge in [-0.2, -0.15) is 0 Å². The molecule has 0 amide bonds. The number of pyridine rings is 1. The lowest BCUT2D eigenvalue weighted by molar-refractivity contribution is -0.123. The number of rotatable bonds is 1. The summed E-state index contributed by atoms with van der Waals surface area (Å²) in [5, 5.41) is 9.16. The molecule has 0 aliphatic carbocycles. The maximum Gasteiger partial charge on any atom is 0.247 e. The second-order valence-electron chi connectivity index (χ2n) is 2.86. The maximum absolute atomic E-state index is 11.4. The van der Waals surface area contributed by atoms with Crippen LogP contribution in [0.5, 0.6) is 0 Å². The predicted octanol–water partition coefficient (Wildman–Crippen LogP) is 0.408. The molecular formula is C9H8N2O3. The summed E-state index contributed by atoms with van der Waals surface area (Å²) in [6, 6.07) is 3.36. The molecule has 72 valence electrons. The molecule has 0 bridgehead atoms. The number of hydrogen-bond donors (Lipinski definition) is 2. The molecule has 2 heterocycles. The largest absolute Gasteiger partial charge is 0.501 e. The van der Waals surface area contributed by atoms with Crippen LogP contribution in [0.25, 0.3) is 0 Å². The van der Waals surface area contributed by atoms with Crippen molar-refractivity contribution >= 4 is 5.78 Å². The third-order valence-electron chi connectivity index (χ3n) is 1.94. The van der Waals surface area contributed by atoms with E-state index in [-0.39, 0.29) is 5.88 Å². The first-order valence-corrected chi connectivity index (χ1v) is 3.99. The molecule has 1 atom stereocenters. The van der Waals surface area contributed by atoms with Gasteiger partial charge in [-0.1, -0.05) is 6.07 Å².